The van der Waals surface area contributed by atoms with Crippen molar-refractivity contribution < 1.29 is 4.42 Å². The average molecular weight is 638 g/mol. The SMILES string of the molecule is c1ccc(-c2ccc(N(c3ccc(-c4cccc5ccccc45)c4ccccc34)c3cc4c5ccccc5oc4c4ccccc34)cc2)cc1. The van der Waals surface area contributed by atoms with Gasteiger partial charge in [0.15, 0.2) is 0 Å². The number of benzene rings is 9. The Labute approximate surface area is 290 Å². The van der Waals surface area contributed by atoms with Crippen LogP contribution in [0.5, 0.6) is 0 Å². The van der Waals surface area contributed by atoms with Crippen LogP contribution in [0.4, 0.5) is 17.1 Å². The number of rotatable bonds is 5. The Morgan fingerprint density at radius 1 is 0.340 bits per heavy atom. The topological polar surface area (TPSA) is 16.4 Å². The molecule has 0 atom stereocenters. The van der Waals surface area contributed by atoms with E-state index in [1.807, 2.05) is 6.07 Å². The van der Waals surface area contributed by atoms with Gasteiger partial charge in [-0.3, -0.25) is 0 Å². The standard InChI is InChI=1S/C48H31NO/c1-2-13-32(14-3-1)33-25-27-35(28-26-33)49(46-31-44-42-21-10-11-24-47(42)50-48(44)43-22-9-8-20-41(43)46)45-30-29-39(38-18-6-7-19-40(38)45)37-23-12-16-34-15-4-5-17-36(34)37/h1-31H. The third kappa shape index (κ3) is 4.50. The number of hydrogen-bond donors (Lipinski definition) is 0. The molecular weight excluding hydrogens is 607 g/mol. The maximum absolute atomic E-state index is 6.53. The average Bonchev–Trinajstić information content (AvgIpc) is 3.57. The van der Waals surface area contributed by atoms with Gasteiger partial charge in [0.1, 0.15) is 11.2 Å². The molecule has 0 aliphatic rings. The van der Waals surface area contributed by atoms with Crippen LogP contribution in [0.1, 0.15) is 0 Å². The Hall–Kier alpha value is -6.64. The molecule has 0 aliphatic heterocycles. The summed E-state index contributed by atoms with van der Waals surface area (Å²) in [5.41, 5.74) is 9.98. The van der Waals surface area contributed by atoms with Crippen molar-refractivity contribution in [3.05, 3.63) is 188 Å². The lowest BCUT2D eigenvalue weighted by Gasteiger charge is -2.29. The third-order valence-corrected chi connectivity index (χ3v) is 10.1. The second kappa shape index (κ2) is 11.5. The molecule has 0 saturated carbocycles. The minimum Gasteiger partial charge on any atom is -0.455 e. The van der Waals surface area contributed by atoms with Gasteiger partial charge >= 0.3 is 0 Å². The van der Waals surface area contributed by atoms with E-state index < -0.39 is 0 Å². The number of hydrogen-bond acceptors (Lipinski definition) is 2. The van der Waals surface area contributed by atoms with Crippen LogP contribution in [-0.2, 0) is 0 Å². The van der Waals surface area contributed by atoms with Crippen LogP contribution in [0.25, 0.3) is 76.5 Å². The molecule has 0 aliphatic carbocycles. The maximum Gasteiger partial charge on any atom is 0.143 e. The number of nitrogens with zero attached hydrogens (tertiary/aromatic N) is 1. The third-order valence-electron chi connectivity index (χ3n) is 10.1. The summed E-state index contributed by atoms with van der Waals surface area (Å²) < 4.78 is 6.53. The van der Waals surface area contributed by atoms with Crippen molar-refractivity contribution in [1.29, 1.82) is 0 Å². The number of furan rings is 1. The van der Waals surface area contributed by atoms with Crippen molar-refractivity contribution in [2.45, 2.75) is 0 Å². The first-order chi connectivity index (χ1) is 24.8. The largest absolute Gasteiger partial charge is 0.455 e. The maximum atomic E-state index is 6.53. The molecule has 0 bridgehead atoms. The lowest BCUT2D eigenvalue weighted by atomic mass is 9.92. The molecule has 50 heavy (non-hydrogen) atoms. The van der Waals surface area contributed by atoms with Crippen LogP contribution in [0.3, 0.4) is 0 Å². The van der Waals surface area contributed by atoms with E-state index in [9.17, 15) is 0 Å². The van der Waals surface area contributed by atoms with E-state index in [1.54, 1.807) is 0 Å². The predicted octanol–water partition coefficient (Wildman–Crippen LogP) is 13.8. The lowest BCUT2D eigenvalue weighted by Crippen LogP contribution is -2.11. The van der Waals surface area contributed by atoms with Gasteiger partial charge in [0.05, 0.1) is 11.4 Å². The fourth-order valence-corrected chi connectivity index (χ4v) is 7.73. The molecule has 0 amide bonds. The normalized spacial score (nSPS) is 11.6. The molecule has 0 unspecified atom stereocenters. The highest BCUT2D eigenvalue weighted by atomic mass is 16.3. The van der Waals surface area contributed by atoms with Crippen LogP contribution in [0, 0.1) is 0 Å². The molecule has 0 saturated heterocycles. The second-order valence-electron chi connectivity index (χ2n) is 12.9. The molecule has 2 nitrogen and oxygen atoms in total. The summed E-state index contributed by atoms with van der Waals surface area (Å²) in [6, 6.07) is 67.5. The number of para-hydroxylation sites is 1. The van der Waals surface area contributed by atoms with Gasteiger partial charge in [-0.1, -0.05) is 158 Å². The highest BCUT2D eigenvalue weighted by Crippen LogP contribution is 2.47. The molecular formula is C48H31NO. The van der Waals surface area contributed by atoms with Gasteiger partial charge in [-0.2, -0.15) is 0 Å². The molecule has 0 radical (unpaired) electrons. The molecule has 0 fully saturated rings. The van der Waals surface area contributed by atoms with Crippen LogP contribution in [0.15, 0.2) is 192 Å². The van der Waals surface area contributed by atoms with E-state index in [2.05, 4.69) is 187 Å². The van der Waals surface area contributed by atoms with E-state index in [0.717, 1.165) is 49.8 Å². The summed E-state index contributed by atoms with van der Waals surface area (Å²) in [4.78, 5) is 2.44. The van der Waals surface area contributed by atoms with Gasteiger partial charge < -0.3 is 9.32 Å². The van der Waals surface area contributed by atoms with Gasteiger partial charge in [0, 0.05) is 32.6 Å². The van der Waals surface area contributed by atoms with E-state index in [1.165, 1.54) is 43.8 Å². The summed E-state index contributed by atoms with van der Waals surface area (Å²) in [7, 11) is 0. The highest BCUT2D eigenvalue weighted by molar-refractivity contribution is 6.20. The summed E-state index contributed by atoms with van der Waals surface area (Å²) >= 11 is 0. The van der Waals surface area contributed by atoms with Gasteiger partial charge in [0.2, 0.25) is 0 Å². The molecule has 10 rings (SSSR count). The lowest BCUT2D eigenvalue weighted by molar-refractivity contribution is 0.672. The quantitative estimate of drug-likeness (QED) is 0.187. The van der Waals surface area contributed by atoms with E-state index in [0.29, 0.717) is 0 Å². The second-order valence-corrected chi connectivity index (χ2v) is 12.9. The molecule has 2 heteroatoms. The van der Waals surface area contributed by atoms with Gasteiger partial charge in [-0.05, 0) is 68.7 Å². The molecule has 1 aromatic heterocycles. The molecule has 0 N–H and O–H groups in total. The molecule has 0 spiro atoms. The summed E-state index contributed by atoms with van der Waals surface area (Å²) in [5, 5.41) is 9.35. The molecule has 9 aromatic carbocycles. The van der Waals surface area contributed by atoms with Crippen molar-refractivity contribution >= 4 is 71.3 Å². The van der Waals surface area contributed by atoms with E-state index in [-0.39, 0.29) is 0 Å². The van der Waals surface area contributed by atoms with Crippen molar-refractivity contribution in [2.24, 2.45) is 0 Å². The Morgan fingerprint density at radius 2 is 0.920 bits per heavy atom. The predicted molar refractivity (Wildman–Crippen MR) is 212 cm³/mol. The van der Waals surface area contributed by atoms with Crippen LogP contribution in [0.2, 0.25) is 0 Å². The van der Waals surface area contributed by atoms with Crippen molar-refractivity contribution in [3.63, 3.8) is 0 Å². The first-order valence-electron chi connectivity index (χ1n) is 17.1. The van der Waals surface area contributed by atoms with Crippen LogP contribution in [-0.4, -0.2) is 0 Å². The first kappa shape index (κ1) is 28.4. The van der Waals surface area contributed by atoms with Gasteiger partial charge in [0.25, 0.3) is 0 Å². The molecule has 10 aromatic rings. The van der Waals surface area contributed by atoms with Crippen molar-refractivity contribution in [3.8, 4) is 22.3 Å². The van der Waals surface area contributed by atoms with Crippen LogP contribution >= 0.6 is 0 Å². The Bertz CT molecular complexity index is 2860. The zero-order chi connectivity index (χ0) is 33.0. The van der Waals surface area contributed by atoms with Gasteiger partial charge in [-0.15, -0.1) is 0 Å². The fraction of sp³-hybridized carbons (Fsp3) is 0. The smallest absolute Gasteiger partial charge is 0.143 e. The van der Waals surface area contributed by atoms with E-state index >= 15 is 0 Å². The molecule has 1 heterocycles. The number of anilines is 3. The Balaban J connectivity index is 1.27. The highest BCUT2D eigenvalue weighted by Gasteiger charge is 2.22. The summed E-state index contributed by atoms with van der Waals surface area (Å²) in [6.07, 6.45) is 0. The Morgan fingerprint density at radius 3 is 1.72 bits per heavy atom. The Kier molecular flexibility index (Phi) is 6.53. The zero-order valence-corrected chi connectivity index (χ0v) is 27.3. The van der Waals surface area contributed by atoms with Crippen molar-refractivity contribution in [2.75, 3.05) is 4.90 Å². The first-order valence-corrected chi connectivity index (χ1v) is 17.1. The number of fused-ring (bicyclic) bond motifs is 7. The monoisotopic (exact) mass is 637 g/mol. The minimum absolute atomic E-state index is 0.897. The fourth-order valence-electron chi connectivity index (χ4n) is 7.73. The summed E-state index contributed by atoms with van der Waals surface area (Å²) in [6.45, 7) is 0. The summed E-state index contributed by atoms with van der Waals surface area (Å²) in [5.74, 6) is 0. The zero-order valence-electron chi connectivity index (χ0n) is 27.3. The molecule has 234 valence electrons. The van der Waals surface area contributed by atoms with Crippen molar-refractivity contribution in [1.82, 2.24) is 0 Å². The minimum atomic E-state index is 0.897. The van der Waals surface area contributed by atoms with Crippen LogP contribution < -0.4 is 4.90 Å². The van der Waals surface area contributed by atoms with Gasteiger partial charge in [-0.25, -0.2) is 0 Å². The van der Waals surface area contributed by atoms with E-state index in [4.69, 9.17) is 4.42 Å².